The molecule has 0 atom stereocenters. The highest BCUT2D eigenvalue weighted by molar-refractivity contribution is 5.52. The Morgan fingerprint density at radius 2 is 1.32 bits per heavy atom. The Kier molecular flexibility index (Phi) is 3.62. The van der Waals surface area contributed by atoms with E-state index in [4.69, 9.17) is 0 Å². The average molecular weight is 288 g/mol. The van der Waals surface area contributed by atoms with Crippen molar-refractivity contribution in [3.63, 3.8) is 0 Å². The lowest BCUT2D eigenvalue weighted by Crippen LogP contribution is -2.18. The third kappa shape index (κ3) is 2.41. The fourth-order valence-corrected chi connectivity index (χ4v) is 4.16. The lowest BCUT2D eigenvalue weighted by atomic mass is 9.70. The lowest BCUT2D eigenvalue weighted by molar-refractivity contribution is 0.595. The predicted molar refractivity (Wildman–Crippen MR) is 93.3 cm³/mol. The van der Waals surface area contributed by atoms with Crippen molar-refractivity contribution in [2.24, 2.45) is 5.92 Å². The minimum atomic E-state index is 0.542. The maximum atomic E-state index is 3.92. The smallest absolute Gasteiger partial charge is 0.00981 e. The zero-order valence-corrected chi connectivity index (χ0v) is 13.2. The number of allylic oxidation sites excluding steroid dienone is 1. The first-order valence-electron chi connectivity index (χ1n) is 8.67. The van der Waals surface area contributed by atoms with Crippen LogP contribution in [0, 0.1) is 5.92 Å². The van der Waals surface area contributed by atoms with E-state index < -0.39 is 0 Å². The first kappa shape index (κ1) is 13.8. The molecule has 1 saturated carbocycles. The van der Waals surface area contributed by atoms with E-state index in [2.05, 4.69) is 61.2 Å². The highest BCUT2D eigenvalue weighted by Gasteiger charge is 2.34. The van der Waals surface area contributed by atoms with Crippen molar-refractivity contribution in [3.8, 4) is 0 Å². The second-order valence-corrected chi connectivity index (χ2v) is 6.91. The Bertz CT molecular complexity index is 630. The number of benzene rings is 2. The molecular weight excluding hydrogens is 264 g/mol. The molecule has 0 unspecified atom stereocenters. The second-order valence-electron chi connectivity index (χ2n) is 6.91. The van der Waals surface area contributed by atoms with Gasteiger partial charge in [0.1, 0.15) is 0 Å². The lowest BCUT2D eigenvalue weighted by Gasteiger charge is -2.34. The molecule has 112 valence electrons. The maximum Gasteiger partial charge on any atom is 0.00981 e. The van der Waals surface area contributed by atoms with E-state index in [0.29, 0.717) is 11.8 Å². The molecule has 0 aromatic heterocycles. The van der Waals surface area contributed by atoms with Crippen LogP contribution in [0.4, 0.5) is 0 Å². The van der Waals surface area contributed by atoms with Gasteiger partial charge in [-0.05, 0) is 47.4 Å². The summed E-state index contributed by atoms with van der Waals surface area (Å²) in [5.74, 6) is 2.11. The maximum absolute atomic E-state index is 3.92. The third-order valence-electron chi connectivity index (χ3n) is 5.42. The minimum Gasteiger partial charge on any atom is -0.103 e. The molecule has 2 aliphatic rings. The van der Waals surface area contributed by atoms with E-state index in [-0.39, 0.29) is 0 Å². The summed E-state index contributed by atoms with van der Waals surface area (Å²) in [7, 11) is 0. The van der Waals surface area contributed by atoms with Gasteiger partial charge in [-0.15, -0.1) is 6.58 Å². The van der Waals surface area contributed by atoms with Crippen LogP contribution < -0.4 is 0 Å². The number of hydrogen-bond donors (Lipinski definition) is 0. The summed E-state index contributed by atoms with van der Waals surface area (Å²) in [6.07, 6.45) is 8.51. The monoisotopic (exact) mass is 288 g/mol. The molecule has 0 N–H and O–H groups in total. The Morgan fingerprint density at radius 1 is 0.818 bits per heavy atom. The number of rotatable bonds is 5. The molecular formula is C22H24. The third-order valence-corrected chi connectivity index (χ3v) is 5.42. The highest BCUT2D eigenvalue weighted by Crippen LogP contribution is 2.50. The fraction of sp³-hybridized carbons (Fsp3) is 0.364. The van der Waals surface area contributed by atoms with Crippen LogP contribution in [0.15, 0.2) is 61.2 Å². The summed E-state index contributed by atoms with van der Waals surface area (Å²) in [5.41, 5.74) is 6.30. The standard InChI is InChI=1S/C22H24/c1-2-3-8-17-18-9-4-6-11-20(18)22(15-16-13-14-16)21-12-7-5-10-19(17)21/h2,4-7,9-12,16-17,22H,1,3,8,13-15H2. The Hall–Kier alpha value is -1.82. The Balaban J connectivity index is 1.82. The molecule has 1 fully saturated rings. The first-order chi connectivity index (χ1) is 10.9. The van der Waals surface area contributed by atoms with E-state index >= 15 is 0 Å². The van der Waals surface area contributed by atoms with Crippen LogP contribution in [0.1, 0.15) is 66.2 Å². The SMILES string of the molecule is C=CCCC1c2ccccc2C(CC2CC2)c2ccccc21. The van der Waals surface area contributed by atoms with Gasteiger partial charge in [-0.3, -0.25) is 0 Å². The molecule has 0 saturated heterocycles. The van der Waals surface area contributed by atoms with Crippen molar-refractivity contribution in [2.75, 3.05) is 0 Å². The molecule has 2 aromatic carbocycles. The molecule has 0 bridgehead atoms. The van der Waals surface area contributed by atoms with Gasteiger partial charge in [0.15, 0.2) is 0 Å². The van der Waals surface area contributed by atoms with Crippen LogP contribution in [0.25, 0.3) is 0 Å². The van der Waals surface area contributed by atoms with E-state index in [0.717, 1.165) is 12.3 Å². The summed E-state index contributed by atoms with van der Waals surface area (Å²) in [5, 5.41) is 0. The zero-order chi connectivity index (χ0) is 14.9. The van der Waals surface area contributed by atoms with Gasteiger partial charge in [-0.25, -0.2) is 0 Å². The van der Waals surface area contributed by atoms with Gasteiger partial charge in [0.05, 0.1) is 0 Å². The van der Waals surface area contributed by atoms with Gasteiger partial charge in [-0.1, -0.05) is 67.4 Å². The van der Waals surface area contributed by atoms with Crippen LogP contribution >= 0.6 is 0 Å². The molecule has 0 amide bonds. The molecule has 4 rings (SSSR count). The largest absolute Gasteiger partial charge is 0.103 e. The van der Waals surface area contributed by atoms with Gasteiger partial charge in [0.2, 0.25) is 0 Å². The van der Waals surface area contributed by atoms with E-state index in [1.165, 1.54) is 25.7 Å². The molecule has 0 heterocycles. The molecule has 2 aromatic rings. The van der Waals surface area contributed by atoms with Crippen molar-refractivity contribution in [1.82, 2.24) is 0 Å². The number of hydrogen-bond acceptors (Lipinski definition) is 0. The van der Waals surface area contributed by atoms with Gasteiger partial charge in [0.25, 0.3) is 0 Å². The van der Waals surface area contributed by atoms with Gasteiger partial charge < -0.3 is 0 Å². The molecule has 22 heavy (non-hydrogen) atoms. The Morgan fingerprint density at radius 3 is 1.77 bits per heavy atom. The van der Waals surface area contributed by atoms with Crippen LogP contribution in [0.5, 0.6) is 0 Å². The fourth-order valence-electron chi connectivity index (χ4n) is 4.16. The van der Waals surface area contributed by atoms with Crippen molar-refractivity contribution in [1.29, 1.82) is 0 Å². The summed E-state index contributed by atoms with van der Waals surface area (Å²) in [6, 6.07) is 18.3. The second kappa shape index (κ2) is 5.76. The van der Waals surface area contributed by atoms with Crippen molar-refractivity contribution in [2.45, 2.75) is 43.9 Å². The van der Waals surface area contributed by atoms with Gasteiger partial charge in [0, 0.05) is 11.8 Å². The number of fused-ring (bicyclic) bond motifs is 2. The molecule has 0 heteroatoms. The van der Waals surface area contributed by atoms with E-state index in [1.807, 2.05) is 0 Å². The first-order valence-corrected chi connectivity index (χ1v) is 8.67. The topological polar surface area (TPSA) is 0 Å². The summed E-state index contributed by atoms with van der Waals surface area (Å²) < 4.78 is 0. The van der Waals surface area contributed by atoms with Crippen LogP contribution in [0.2, 0.25) is 0 Å². The van der Waals surface area contributed by atoms with Crippen LogP contribution in [-0.2, 0) is 0 Å². The van der Waals surface area contributed by atoms with Crippen molar-refractivity contribution in [3.05, 3.63) is 83.4 Å². The minimum absolute atomic E-state index is 0.542. The molecule has 0 aliphatic heterocycles. The van der Waals surface area contributed by atoms with Crippen LogP contribution in [0.3, 0.4) is 0 Å². The van der Waals surface area contributed by atoms with E-state index in [9.17, 15) is 0 Å². The molecule has 0 nitrogen and oxygen atoms in total. The predicted octanol–water partition coefficient (Wildman–Crippen LogP) is 6.03. The Labute approximate surface area is 133 Å². The van der Waals surface area contributed by atoms with Crippen molar-refractivity contribution < 1.29 is 0 Å². The van der Waals surface area contributed by atoms with Gasteiger partial charge >= 0.3 is 0 Å². The average Bonchev–Trinajstić information content (AvgIpc) is 3.38. The normalized spacial score (nSPS) is 22.7. The molecule has 2 aliphatic carbocycles. The highest BCUT2D eigenvalue weighted by atomic mass is 14.4. The summed E-state index contributed by atoms with van der Waals surface area (Å²) in [6.45, 7) is 3.92. The quantitative estimate of drug-likeness (QED) is 0.589. The zero-order valence-electron chi connectivity index (χ0n) is 13.2. The van der Waals surface area contributed by atoms with E-state index in [1.54, 1.807) is 22.3 Å². The van der Waals surface area contributed by atoms with Crippen molar-refractivity contribution >= 4 is 0 Å². The molecule has 0 radical (unpaired) electrons. The summed E-state index contributed by atoms with van der Waals surface area (Å²) >= 11 is 0. The van der Waals surface area contributed by atoms with Crippen LogP contribution in [-0.4, -0.2) is 0 Å². The summed E-state index contributed by atoms with van der Waals surface area (Å²) in [4.78, 5) is 0. The van der Waals surface area contributed by atoms with Gasteiger partial charge in [-0.2, -0.15) is 0 Å². The molecule has 0 spiro atoms.